The number of oxazole rings is 2. The number of nitrogens with one attached hydrogen (secondary N) is 6. The minimum Gasteiger partial charge on any atom is -0.473 e. The molecule has 17 rings (SSSR count). The molecule has 0 bridgehead atoms. The Hall–Kier alpha value is -12.6. The summed E-state index contributed by atoms with van der Waals surface area (Å²) in [5, 5.41) is 53.8. The van der Waals surface area contributed by atoms with Crippen molar-refractivity contribution in [3.05, 3.63) is 342 Å². The molecule has 482 valence electrons. The third-order valence-corrected chi connectivity index (χ3v) is 8.52. The van der Waals surface area contributed by atoms with Gasteiger partial charge in [-0.1, -0.05) is 51.8 Å². The zero-order chi connectivity index (χ0) is 62.9. The molecule has 0 spiro atoms. The van der Waals surface area contributed by atoms with Gasteiger partial charge in [-0.2, -0.15) is 52.4 Å². The van der Waals surface area contributed by atoms with Crippen LogP contribution in [0.5, 0.6) is 0 Å². The van der Waals surface area contributed by atoms with Gasteiger partial charge in [0.1, 0.15) is 36.2 Å². The fourth-order valence-electron chi connectivity index (χ4n) is 3.65. The highest BCUT2D eigenvalue weighted by molar-refractivity contribution is 7.08. The van der Waals surface area contributed by atoms with E-state index in [1.54, 1.807) is 188 Å². The fraction of sp³-hybridized carbons (Fsp3) is 0.0508. The summed E-state index contributed by atoms with van der Waals surface area (Å²) >= 11 is 4.81. The van der Waals surface area contributed by atoms with E-state index in [4.69, 9.17) is 0 Å². The summed E-state index contributed by atoms with van der Waals surface area (Å²) in [5.41, 5.74) is 5.15. The topological polar surface area (TPSA) is 405 Å². The molecule has 17 aromatic heterocycles. The molecule has 33 heteroatoms. The number of furan rings is 2. The van der Waals surface area contributed by atoms with Crippen molar-refractivity contribution < 1.29 is 17.7 Å². The molecule has 0 unspecified atom stereocenters. The van der Waals surface area contributed by atoms with Crippen LogP contribution in [0.3, 0.4) is 0 Å². The molecule has 92 heavy (non-hydrogen) atoms. The van der Waals surface area contributed by atoms with Crippen molar-refractivity contribution in [2.45, 2.75) is 22.3 Å². The minimum absolute atomic E-state index is 0. The van der Waals surface area contributed by atoms with E-state index < -0.39 is 0 Å². The molecule has 17 aromatic rings. The van der Waals surface area contributed by atoms with Crippen LogP contribution in [0.2, 0.25) is 0 Å². The smallest absolute Gasteiger partial charge is 0.180 e. The van der Waals surface area contributed by atoms with Crippen molar-refractivity contribution >= 4 is 34.0 Å². The zero-order valence-electron chi connectivity index (χ0n) is 47.1. The number of rotatable bonds is 0. The number of tetrazole rings is 1. The van der Waals surface area contributed by atoms with E-state index in [0.717, 1.165) is 0 Å². The summed E-state index contributed by atoms with van der Waals surface area (Å²) in [6.45, 7) is 0. The molecular formula is C59H74N26O4S3. The highest BCUT2D eigenvalue weighted by atomic mass is 32.1. The van der Waals surface area contributed by atoms with Gasteiger partial charge < -0.3 is 27.6 Å². The van der Waals surface area contributed by atoms with Crippen molar-refractivity contribution in [1.29, 1.82) is 0 Å². The first kappa shape index (κ1) is 83.6. The third kappa shape index (κ3) is 77.4. The van der Waals surface area contributed by atoms with Gasteiger partial charge in [-0.05, 0) is 89.6 Å². The van der Waals surface area contributed by atoms with E-state index in [9.17, 15) is 0 Å². The highest BCUT2D eigenvalue weighted by Crippen LogP contribution is 1.91. The first-order valence-electron chi connectivity index (χ1n) is 24.9. The number of hydrogen-bond acceptors (Lipinski definition) is 27. The van der Waals surface area contributed by atoms with Gasteiger partial charge in [0.25, 0.3) is 0 Å². The Bertz CT molecular complexity index is 2290. The Morgan fingerprint density at radius 1 is 0.261 bits per heavy atom. The second-order valence-electron chi connectivity index (χ2n) is 13.1. The molecule has 0 aliphatic carbocycles. The van der Waals surface area contributed by atoms with E-state index in [-0.39, 0.29) is 22.3 Å². The van der Waals surface area contributed by atoms with Crippen LogP contribution in [0.4, 0.5) is 0 Å². The maximum atomic E-state index is 4.58. The number of nitrogens with zero attached hydrogens (tertiary/aromatic N) is 20. The normalized spacial score (nSPS) is 7.74. The monoisotopic (exact) mass is 1310 g/mol. The van der Waals surface area contributed by atoms with E-state index in [0.29, 0.717) is 0 Å². The molecule has 0 amide bonds. The Morgan fingerprint density at radius 2 is 0.826 bits per heavy atom. The van der Waals surface area contributed by atoms with Crippen LogP contribution in [0.15, 0.2) is 359 Å². The van der Waals surface area contributed by atoms with Crippen molar-refractivity contribution in [1.82, 2.24) is 132 Å². The number of aromatic nitrogens is 26. The molecule has 0 saturated heterocycles. The SMILES string of the molecule is C.C.C.c1c[nH]cn1.c1cc[nH]c1.c1ccncc1.c1ccncc1.c1ccnnc1.c1ccoc1.c1ccoc1.c1ccsc1.c1cn[nH]c1.c1cn[nH]n1.c1cnccn1.c1cocn1.c1cocn1.c1cscn1.c1nc[nH]n1.c1nn[nH]n1.c1nncs1. The lowest BCUT2D eigenvalue weighted by molar-refractivity contribution is 0.557. The van der Waals surface area contributed by atoms with Crippen LogP contribution >= 0.6 is 34.0 Å². The average molecular weight is 1310 g/mol. The number of H-pyrrole nitrogens is 6. The van der Waals surface area contributed by atoms with Crippen molar-refractivity contribution in [3.63, 3.8) is 0 Å². The van der Waals surface area contributed by atoms with E-state index in [1.165, 1.54) is 55.6 Å². The summed E-state index contributed by atoms with van der Waals surface area (Å²) in [4.78, 5) is 38.7. The lowest BCUT2D eigenvalue weighted by atomic mass is 10.5. The van der Waals surface area contributed by atoms with Gasteiger partial charge in [0.05, 0.1) is 61.7 Å². The van der Waals surface area contributed by atoms with Gasteiger partial charge in [0.2, 0.25) is 0 Å². The Kier molecular flexibility index (Phi) is 73.1. The Labute approximate surface area is 544 Å². The first-order valence-corrected chi connectivity index (χ1v) is 27.7. The number of thiophene rings is 1. The van der Waals surface area contributed by atoms with Crippen LogP contribution in [0, 0.1) is 0 Å². The second kappa shape index (κ2) is 80.4. The molecule has 0 aliphatic rings. The average Bonchev–Trinajstić information content (AvgIpc) is 4.44. The molecule has 0 aliphatic heterocycles. The molecule has 0 saturated carbocycles. The van der Waals surface area contributed by atoms with Gasteiger partial charge in [-0.15, -0.1) is 43.1 Å². The quantitative estimate of drug-likeness (QED) is 0.0821. The van der Waals surface area contributed by atoms with Crippen LogP contribution in [0.1, 0.15) is 22.3 Å². The van der Waals surface area contributed by atoms with Gasteiger partial charge in [-0.25, -0.2) is 19.9 Å². The summed E-state index contributed by atoms with van der Waals surface area (Å²) in [7, 11) is 0. The van der Waals surface area contributed by atoms with Crippen LogP contribution in [-0.2, 0) is 0 Å². The number of hydrogen-bond donors (Lipinski definition) is 6. The van der Waals surface area contributed by atoms with Crippen molar-refractivity contribution in [2.75, 3.05) is 0 Å². The number of pyridine rings is 2. The molecular weight excluding hydrogens is 1230 g/mol. The number of thiazole rings is 1. The lowest BCUT2D eigenvalue weighted by Gasteiger charge is -1.70. The van der Waals surface area contributed by atoms with E-state index in [1.807, 2.05) is 132 Å². The lowest BCUT2D eigenvalue weighted by Crippen LogP contribution is -1.69. The van der Waals surface area contributed by atoms with Gasteiger partial charge in [0, 0.05) is 111 Å². The predicted octanol–water partition coefficient (Wildman–Crippen LogP) is 13.0. The molecule has 0 atom stereocenters. The first-order chi connectivity index (χ1) is 44.5. The minimum atomic E-state index is 0. The third-order valence-electron chi connectivity index (χ3n) is 6.93. The molecule has 17 heterocycles. The van der Waals surface area contributed by atoms with Crippen LogP contribution in [-0.4, -0.2) is 132 Å². The fourth-order valence-corrected chi connectivity index (χ4v) is 4.72. The Balaban J connectivity index is -0.000000913. The van der Waals surface area contributed by atoms with E-state index >= 15 is 0 Å². The molecule has 0 radical (unpaired) electrons. The van der Waals surface area contributed by atoms with Gasteiger partial charge in [0.15, 0.2) is 19.1 Å². The summed E-state index contributed by atoms with van der Waals surface area (Å²) < 4.78 is 18.1. The summed E-state index contributed by atoms with van der Waals surface area (Å²) in [6.07, 6.45) is 53.8. The molecule has 30 nitrogen and oxygen atoms in total. The maximum absolute atomic E-state index is 4.58. The predicted molar refractivity (Wildman–Crippen MR) is 354 cm³/mol. The van der Waals surface area contributed by atoms with Crippen LogP contribution in [0.25, 0.3) is 0 Å². The van der Waals surface area contributed by atoms with Crippen LogP contribution < -0.4 is 0 Å². The zero-order valence-corrected chi connectivity index (χ0v) is 49.6. The van der Waals surface area contributed by atoms with Crippen molar-refractivity contribution in [2.24, 2.45) is 0 Å². The number of imidazole rings is 1. The molecule has 0 fully saturated rings. The summed E-state index contributed by atoms with van der Waals surface area (Å²) in [6, 6.07) is 32.2. The standard InChI is InChI=1S/2C5H5N.2C4H4N2.C4H5N.2C4H4O.C4H4S.2C3H4N2.2C3H3NO.C3H3NS.2C2H3N3.C2H2N2S.CH2N4.3CH4/c2*1-2-4-6-5-3-1;1-2-6-4-3-5-1;1-2-4-6-5-3-1;4*1-2-4-5-3-1;1-2-5-3-4-1;1-2-4-5-3-1;3*1-2-5-3-4-1;1-3-2-5-4-1;1-2-4-5-3-1;1-3-4-2-5-1;1-2-4-5-3-1;;;/h2*1-5H;2*1-4H;1-5H;3*1-4H;2*1-3H,(H,4,5);3*1-3H;2*1-2H,(H,3,4,5);1-2H;1H,(H,2,3,4,5);3*1H4. The van der Waals surface area contributed by atoms with Gasteiger partial charge >= 0.3 is 0 Å². The maximum Gasteiger partial charge on any atom is 0.180 e. The summed E-state index contributed by atoms with van der Waals surface area (Å²) in [5.74, 6) is 0. The largest absolute Gasteiger partial charge is 0.473 e. The molecule has 6 N–H and O–H groups in total. The van der Waals surface area contributed by atoms with Crippen molar-refractivity contribution in [3.8, 4) is 0 Å². The highest BCUT2D eigenvalue weighted by Gasteiger charge is 1.66. The Morgan fingerprint density at radius 3 is 0.978 bits per heavy atom. The number of aromatic amines is 6. The van der Waals surface area contributed by atoms with E-state index in [2.05, 4.69) is 149 Å². The second-order valence-corrected chi connectivity index (χ2v) is 15.4. The molecule has 0 aromatic carbocycles. The van der Waals surface area contributed by atoms with Gasteiger partial charge in [-0.3, -0.25) is 35.1 Å².